The zero-order valence-electron chi connectivity index (χ0n) is 16.1. The van der Waals surface area contributed by atoms with Gasteiger partial charge in [0.25, 0.3) is 0 Å². The van der Waals surface area contributed by atoms with Crippen molar-refractivity contribution in [1.82, 2.24) is 30.6 Å². The Balaban J connectivity index is 1.40. The quantitative estimate of drug-likeness (QED) is 0.445. The van der Waals surface area contributed by atoms with Gasteiger partial charge in [0.15, 0.2) is 5.82 Å². The van der Waals surface area contributed by atoms with Crippen LogP contribution in [-0.4, -0.2) is 44.8 Å². The molecular formula is C18H25IN6O3. The molecule has 1 aliphatic rings. The first-order valence-electron chi connectivity index (χ1n) is 9.53. The molecule has 2 N–H and O–H groups in total. The van der Waals surface area contributed by atoms with Gasteiger partial charge in [-0.05, 0) is 49.3 Å². The molecule has 0 radical (unpaired) electrons. The van der Waals surface area contributed by atoms with E-state index in [1.165, 1.54) is 6.42 Å². The average Bonchev–Trinajstić information content (AvgIpc) is 3.28. The third-order valence-electron chi connectivity index (χ3n) is 4.93. The lowest BCUT2D eigenvalue weighted by Gasteiger charge is -2.17. The molecule has 9 nitrogen and oxygen atoms in total. The van der Waals surface area contributed by atoms with Crippen molar-refractivity contribution >= 4 is 34.4 Å². The predicted molar refractivity (Wildman–Crippen MR) is 110 cm³/mol. The highest BCUT2D eigenvalue weighted by Crippen LogP contribution is 2.30. The van der Waals surface area contributed by atoms with Crippen molar-refractivity contribution in [2.75, 3.05) is 13.1 Å². The van der Waals surface area contributed by atoms with Crippen molar-refractivity contribution in [3.8, 4) is 0 Å². The molecule has 2 amide bonds. The lowest BCUT2D eigenvalue weighted by molar-refractivity contribution is -0.121. The zero-order valence-corrected chi connectivity index (χ0v) is 18.3. The second kappa shape index (κ2) is 9.48. The Kier molecular flexibility index (Phi) is 7.03. The Hall–Kier alpha value is -1.98. The molecule has 0 unspecified atom stereocenters. The summed E-state index contributed by atoms with van der Waals surface area (Å²) in [6.07, 6.45) is 5.66. The van der Waals surface area contributed by atoms with Crippen molar-refractivity contribution in [2.45, 2.75) is 58.4 Å². The Bertz CT molecular complexity index is 840. The van der Waals surface area contributed by atoms with Gasteiger partial charge in [0.1, 0.15) is 6.54 Å². The van der Waals surface area contributed by atoms with Gasteiger partial charge >= 0.3 is 11.8 Å². The molecule has 1 saturated carbocycles. The molecular weight excluding hydrogens is 475 g/mol. The van der Waals surface area contributed by atoms with Crippen LogP contribution in [0.25, 0.3) is 0 Å². The van der Waals surface area contributed by atoms with Crippen LogP contribution in [0.1, 0.15) is 65.9 Å². The van der Waals surface area contributed by atoms with E-state index in [1.807, 2.05) is 13.8 Å². The van der Waals surface area contributed by atoms with Crippen molar-refractivity contribution in [3.05, 3.63) is 26.7 Å². The van der Waals surface area contributed by atoms with Crippen LogP contribution in [0.4, 0.5) is 0 Å². The van der Waals surface area contributed by atoms with Crippen LogP contribution < -0.4 is 10.6 Å². The minimum Gasteiger partial charge on any atom is -0.353 e. The highest BCUT2D eigenvalue weighted by molar-refractivity contribution is 14.1. The molecule has 0 aromatic carbocycles. The molecule has 28 heavy (non-hydrogen) atoms. The van der Waals surface area contributed by atoms with Gasteiger partial charge in [0.05, 0.1) is 9.26 Å². The molecule has 2 heterocycles. The van der Waals surface area contributed by atoms with E-state index >= 15 is 0 Å². The minimum absolute atomic E-state index is 0.0240. The lowest BCUT2D eigenvalue weighted by atomic mass is 9.89. The maximum absolute atomic E-state index is 12.1. The van der Waals surface area contributed by atoms with Gasteiger partial charge in [-0.15, -0.1) is 0 Å². The Morgan fingerprint density at radius 3 is 2.57 bits per heavy atom. The molecule has 0 aliphatic heterocycles. The maximum Gasteiger partial charge on any atom is 0.315 e. The summed E-state index contributed by atoms with van der Waals surface area (Å²) in [5.74, 6) is 0.308. The number of aryl methyl sites for hydroxylation is 1. The summed E-state index contributed by atoms with van der Waals surface area (Å²) in [6, 6.07) is 0. The van der Waals surface area contributed by atoms with E-state index in [2.05, 4.69) is 48.5 Å². The summed E-state index contributed by atoms with van der Waals surface area (Å²) in [4.78, 5) is 28.4. The van der Waals surface area contributed by atoms with Crippen molar-refractivity contribution in [2.24, 2.45) is 0 Å². The van der Waals surface area contributed by atoms with Gasteiger partial charge in [0.2, 0.25) is 5.91 Å². The molecule has 2 aromatic rings. The number of nitrogens with zero attached hydrogens (tertiary/aromatic N) is 4. The van der Waals surface area contributed by atoms with Gasteiger partial charge in [-0.3, -0.25) is 14.3 Å². The first kappa shape index (κ1) is 20.7. The van der Waals surface area contributed by atoms with E-state index in [4.69, 9.17) is 4.52 Å². The Morgan fingerprint density at radius 2 is 1.89 bits per heavy atom. The van der Waals surface area contributed by atoms with Crippen LogP contribution in [0, 0.1) is 17.4 Å². The first-order valence-corrected chi connectivity index (χ1v) is 10.6. The summed E-state index contributed by atoms with van der Waals surface area (Å²) in [5, 5.41) is 13.7. The number of amides is 2. The van der Waals surface area contributed by atoms with Gasteiger partial charge in [0, 0.05) is 24.7 Å². The third-order valence-corrected chi connectivity index (χ3v) is 6.49. The van der Waals surface area contributed by atoms with Gasteiger partial charge < -0.3 is 15.2 Å². The highest BCUT2D eigenvalue weighted by atomic mass is 127. The van der Waals surface area contributed by atoms with Gasteiger partial charge in [-0.25, -0.2) is 0 Å². The van der Waals surface area contributed by atoms with Crippen LogP contribution in [0.5, 0.6) is 0 Å². The molecule has 1 fully saturated rings. The third kappa shape index (κ3) is 5.09. The molecule has 152 valence electrons. The minimum atomic E-state index is -0.420. The zero-order chi connectivity index (χ0) is 20.1. The number of hydrogen-bond donors (Lipinski definition) is 2. The van der Waals surface area contributed by atoms with Crippen LogP contribution >= 0.6 is 22.6 Å². The number of carbonyl (C=O) groups excluding carboxylic acids is 2. The van der Waals surface area contributed by atoms with E-state index in [0.717, 1.165) is 40.6 Å². The molecule has 10 heteroatoms. The fourth-order valence-electron chi connectivity index (χ4n) is 3.33. The van der Waals surface area contributed by atoms with Gasteiger partial charge in [-0.1, -0.05) is 24.4 Å². The van der Waals surface area contributed by atoms with E-state index in [0.29, 0.717) is 12.4 Å². The standard InChI is InChI=1S/C18H25IN6O3/c1-11-15(19)12(2)25(23-11)10-14(26)20-8-9-21-17(27)18-22-16(24-28-18)13-6-4-3-5-7-13/h13H,3-10H2,1-2H3,(H,20,26)(H,21,27). The summed E-state index contributed by atoms with van der Waals surface area (Å²) >= 11 is 2.22. The highest BCUT2D eigenvalue weighted by Gasteiger charge is 2.23. The summed E-state index contributed by atoms with van der Waals surface area (Å²) in [5.41, 5.74) is 1.87. The average molecular weight is 500 g/mol. The van der Waals surface area contributed by atoms with E-state index in [-0.39, 0.29) is 30.8 Å². The van der Waals surface area contributed by atoms with Crippen LogP contribution in [0.15, 0.2) is 4.52 Å². The monoisotopic (exact) mass is 500 g/mol. The molecule has 1 aliphatic carbocycles. The molecule has 0 spiro atoms. The number of rotatable bonds is 7. The second-order valence-corrected chi connectivity index (χ2v) is 8.12. The largest absolute Gasteiger partial charge is 0.353 e. The van der Waals surface area contributed by atoms with Crippen LogP contribution in [-0.2, 0) is 11.3 Å². The molecule has 2 aromatic heterocycles. The Labute approximate surface area is 177 Å². The fraction of sp³-hybridized carbons (Fsp3) is 0.611. The molecule has 0 saturated heterocycles. The predicted octanol–water partition coefficient (Wildman–Crippen LogP) is 2.08. The number of hydrogen-bond acceptors (Lipinski definition) is 6. The van der Waals surface area contributed by atoms with E-state index in [9.17, 15) is 9.59 Å². The molecule has 3 rings (SSSR count). The molecule has 0 bridgehead atoms. The second-order valence-electron chi connectivity index (χ2n) is 7.04. The number of halogens is 1. The SMILES string of the molecule is Cc1nn(CC(=O)NCCNC(=O)c2nc(C3CCCCC3)no2)c(C)c1I. The van der Waals surface area contributed by atoms with Crippen LogP contribution in [0.3, 0.4) is 0 Å². The van der Waals surface area contributed by atoms with Crippen molar-refractivity contribution < 1.29 is 14.1 Å². The van der Waals surface area contributed by atoms with Gasteiger partial charge in [-0.2, -0.15) is 10.1 Å². The summed E-state index contributed by atoms with van der Waals surface area (Å²) in [6.45, 7) is 4.58. The number of nitrogens with one attached hydrogen (secondary N) is 2. The van der Waals surface area contributed by atoms with Crippen molar-refractivity contribution in [1.29, 1.82) is 0 Å². The fourth-order valence-corrected chi connectivity index (χ4v) is 3.71. The normalized spacial score (nSPS) is 14.8. The van der Waals surface area contributed by atoms with Crippen molar-refractivity contribution in [3.63, 3.8) is 0 Å². The first-order chi connectivity index (χ1) is 13.5. The molecule has 0 atom stereocenters. The van der Waals surface area contributed by atoms with E-state index < -0.39 is 5.91 Å². The van der Waals surface area contributed by atoms with E-state index in [1.54, 1.807) is 4.68 Å². The number of aromatic nitrogens is 4. The summed E-state index contributed by atoms with van der Waals surface area (Å²) in [7, 11) is 0. The smallest absolute Gasteiger partial charge is 0.315 e. The topological polar surface area (TPSA) is 115 Å². The maximum atomic E-state index is 12.1. The Morgan fingerprint density at radius 1 is 1.18 bits per heavy atom. The lowest BCUT2D eigenvalue weighted by Crippen LogP contribution is -2.36. The summed E-state index contributed by atoms with van der Waals surface area (Å²) < 4.78 is 7.83. The van der Waals surface area contributed by atoms with Crippen LogP contribution in [0.2, 0.25) is 0 Å². The number of carbonyl (C=O) groups is 2.